The lowest BCUT2D eigenvalue weighted by atomic mass is 9.97. The second-order valence-electron chi connectivity index (χ2n) is 10.7. The summed E-state index contributed by atoms with van der Waals surface area (Å²) in [7, 11) is -3.52. The number of nitrogens with zero attached hydrogens (tertiary/aromatic N) is 3. The first-order chi connectivity index (χ1) is 37.0. The number of aliphatic hydroxyl groups is 1. The summed E-state index contributed by atoms with van der Waals surface area (Å²) < 4.78 is 327. The third kappa shape index (κ3) is 9.12. The van der Waals surface area contributed by atoms with Crippen molar-refractivity contribution >= 4 is 23.4 Å². The molecule has 2 aliphatic rings. The van der Waals surface area contributed by atoms with Gasteiger partial charge in [0.25, 0.3) is 0 Å². The number of carbonyl (C=O) groups excluding carboxylic acids is 1. The summed E-state index contributed by atoms with van der Waals surface area (Å²) in [5.41, 5.74) is -9.04. The third-order valence-electron chi connectivity index (χ3n) is 7.25. The fourth-order valence-corrected chi connectivity index (χ4v) is 5.64. The highest BCUT2D eigenvalue weighted by molar-refractivity contribution is 8.02. The summed E-state index contributed by atoms with van der Waals surface area (Å²) in [4.78, 5) is 14.9. The lowest BCUT2D eigenvalue weighted by Crippen LogP contribution is -2.50. The highest BCUT2D eigenvalue weighted by Crippen LogP contribution is 2.41. The number of benzene rings is 4. The molecular formula is C41H42F5N3O3S. The van der Waals surface area contributed by atoms with Gasteiger partial charge in [0.2, 0.25) is 5.91 Å². The van der Waals surface area contributed by atoms with Crippen molar-refractivity contribution in [1.29, 1.82) is 0 Å². The van der Waals surface area contributed by atoms with E-state index in [1.807, 2.05) is 0 Å². The first kappa shape index (κ1) is 16.2. The molecule has 4 aromatic rings. The lowest BCUT2D eigenvalue weighted by Gasteiger charge is -2.41. The van der Waals surface area contributed by atoms with Crippen molar-refractivity contribution in [3.8, 4) is 11.1 Å². The van der Waals surface area contributed by atoms with Gasteiger partial charge < -0.3 is 24.5 Å². The molecule has 6 rings (SSSR count). The van der Waals surface area contributed by atoms with E-state index in [0.717, 1.165) is 6.92 Å². The minimum Gasteiger partial charge on any atom is -0.384 e. The molecule has 1 saturated heterocycles. The van der Waals surface area contributed by atoms with E-state index in [9.17, 15) is 29.5 Å². The molecule has 53 heavy (non-hydrogen) atoms. The first-order valence-corrected chi connectivity index (χ1v) is 15.8. The van der Waals surface area contributed by atoms with Crippen LogP contribution in [0.4, 0.5) is 27.6 Å². The highest BCUT2D eigenvalue weighted by Gasteiger charge is 2.33. The maximum atomic E-state index is 15.7. The Bertz CT molecular complexity index is 3270. The van der Waals surface area contributed by atoms with Gasteiger partial charge >= 0.3 is 6.18 Å². The maximum Gasteiger partial charge on any atom is 0.416 e. The molecule has 6 nitrogen and oxygen atoms in total. The number of hydrogen-bond acceptors (Lipinski definition) is 6. The van der Waals surface area contributed by atoms with Crippen LogP contribution < -0.4 is 4.90 Å². The zero-order chi connectivity index (χ0) is 63.1. The van der Waals surface area contributed by atoms with Crippen LogP contribution in [0.3, 0.4) is 0 Å². The highest BCUT2D eigenvalue weighted by atomic mass is 32.2. The van der Waals surface area contributed by atoms with Crippen molar-refractivity contribution < 1.29 is 76.3 Å². The van der Waals surface area contributed by atoms with Crippen molar-refractivity contribution in [1.82, 2.24) is 9.80 Å². The number of rotatable bonds is 12. The molecule has 0 bridgehead atoms. The molecular weight excluding hydrogens is 710 g/mol. The second kappa shape index (κ2) is 16.8. The number of likely N-dealkylation sites (tertiary alicyclic amines) is 1. The summed E-state index contributed by atoms with van der Waals surface area (Å²) >= 11 is 0.0745. The van der Waals surface area contributed by atoms with Crippen LogP contribution in [0.25, 0.3) is 11.1 Å². The standard InChI is InChI=1S/C41H42F5N3O3S/c1-27-22-29(28-12-14-32(15-13-28)41(44,45)46)10-11-30(27)24-48(33-16-18-47(19-17-33)20-21-52-2)38(51)25-49-36-9-4-3-7-34(36)37(50)23-39(49)53-26-31-6-5-8-35(42)40(31)43/h3-15,22-23,33,37,50H,16-21,24-26H2,1-2H3/i2D3,3D,4D,5D,6D,7D,8D,9D,10D,11D,12D,13D,14D,15D,16D2,17D2,18D2,19D2,20D2,22D,23D,33D. The fourth-order valence-electron chi connectivity index (χ4n) is 4.66. The van der Waals surface area contributed by atoms with E-state index in [1.165, 1.54) is 0 Å². The van der Waals surface area contributed by atoms with Crippen LogP contribution in [0.1, 0.15) is 86.4 Å². The Hall–Kier alpha value is -4.23. The lowest BCUT2D eigenvalue weighted by molar-refractivity contribution is -0.137. The topological polar surface area (TPSA) is 56.3 Å². The van der Waals surface area contributed by atoms with E-state index in [2.05, 4.69) is 4.74 Å². The van der Waals surface area contributed by atoms with Crippen LogP contribution in [0.5, 0.6) is 0 Å². The number of anilines is 1. The van der Waals surface area contributed by atoms with E-state index in [-0.39, 0.29) is 16.7 Å². The van der Waals surface area contributed by atoms with E-state index < -0.39 is 246 Å². The van der Waals surface area contributed by atoms with Gasteiger partial charge in [-0.15, -0.1) is 11.8 Å². The summed E-state index contributed by atoms with van der Waals surface area (Å²) in [6, 6.07) is -24.3. The first-order valence-electron chi connectivity index (χ1n) is 29.3. The van der Waals surface area contributed by atoms with Crippen LogP contribution in [0.15, 0.2) is 95.7 Å². The number of amides is 1. The molecule has 4 aromatic carbocycles. The van der Waals surface area contributed by atoms with Gasteiger partial charge in [0.15, 0.2) is 11.6 Å². The van der Waals surface area contributed by atoms with Crippen LogP contribution in [-0.4, -0.2) is 66.5 Å². The van der Waals surface area contributed by atoms with Crippen LogP contribution in [0, 0.1) is 18.6 Å². The zero-order valence-electron chi connectivity index (χ0n) is 55.8. The van der Waals surface area contributed by atoms with Crippen LogP contribution >= 0.6 is 11.8 Å². The molecule has 0 radical (unpaired) electrons. The molecule has 2 heterocycles. The van der Waals surface area contributed by atoms with E-state index in [0.29, 0.717) is 4.90 Å². The Labute approximate surface area is 351 Å². The van der Waals surface area contributed by atoms with Gasteiger partial charge in [0.1, 0.15) is 12.6 Å². The number of halogens is 5. The largest absolute Gasteiger partial charge is 0.416 e. The van der Waals surface area contributed by atoms with Crippen molar-refractivity contribution in [3.63, 3.8) is 0 Å². The average molecular weight is 781 g/mol. The molecule has 0 saturated carbocycles. The van der Waals surface area contributed by atoms with Gasteiger partial charge in [-0.1, -0.05) is 60.4 Å². The van der Waals surface area contributed by atoms with Gasteiger partial charge in [-0.3, -0.25) is 4.79 Å². The van der Waals surface area contributed by atoms with Crippen molar-refractivity contribution in [2.45, 2.75) is 50.3 Å². The molecule has 1 atom stereocenters. The number of fused-ring (bicyclic) bond motifs is 1. The minimum absolute atomic E-state index is 0.0745. The molecule has 1 unspecified atom stereocenters. The molecule has 0 aliphatic carbocycles. The van der Waals surface area contributed by atoms with Gasteiger partial charge in [0.05, 0.1) is 43.2 Å². The molecule has 2 aliphatic heterocycles. The Morgan fingerprint density at radius 3 is 2.53 bits per heavy atom. The van der Waals surface area contributed by atoms with Gasteiger partial charge in [-0.25, -0.2) is 8.78 Å². The van der Waals surface area contributed by atoms with E-state index in [1.54, 1.807) is 0 Å². The Morgan fingerprint density at radius 2 is 1.79 bits per heavy atom. The SMILES string of the molecule is [2H]C1=C(SCc2c([2H])c([2H])c([2H])c(F)c2F)N(CC(=O)N(Cc2c([2H])c([2H])c(-c3c([2H])c([2H])c(C(F)(F)F)c([2H])c3[2H])c([2H])c2C)C2([2H])C([2H])([2H])C([2H])([2H])N(C([2H])([2H])COC([2H])([2H])[2H])C([2H])([2H])C2([2H])[2H])c2c([2H])c([2H])c([2H])c([2H])c2C1O. The summed E-state index contributed by atoms with van der Waals surface area (Å²) in [5, 5.41) is 10.6. The summed E-state index contributed by atoms with van der Waals surface area (Å²) in [6.07, 6.45) is -17.3. The third-order valence-corrected chi connectivity index (χ3v) is 8.30. The second-order valence-corrected chi connectivity index (χ2v) is 11.6. The minimum atomic E-state index is -5.50. The monoisotopic (exact) mass is 780 g/mol. The van der Waals surface area contributed by atoms with Gasteiger partial charge in [-0.2, -0.15) is 13.2 Å². The molecule has 1 amide bonds. The van der Waals surface area contributed by atoms with Crippen LogP contribution in [0.2, 0.25) is 0 Å². The Kier molecular flexibility index (Phi) is 5.16. The van der Waals surface area contributed by atoms with E-state index in [4.69, 9.17) is 32.9 Å². The predicted octanol–water partition coefficient (Wildman–Crippen LogP) is 8.73. The number of para-hydroxylation sites is 1. The quantitative estimate of drug-likeness (QED) is 0.145. The molecule has 0 spiro atoms. The number of piperidine rings is 1. The van der Waals surface area contributed by atoms with Crippen molar-refractivity contribution in [2.24, 2.45) is 0 Å². The number of alkyl halides is 3. The smallest absolute Gasteiger partial charge is 0.384 e. The molecule has 1 N–H and O–H groups in total. The van der Waals surface area contributed by atoms with Gasteiger partial charge in [-0.05, 0) is 72.1 Å². The maximum absolute atomic E-state index is 15.7. The van der Waals surface area contributed by atoms with Crippen molar-refractivity contribution in [3.05, 3.63) is 135 Å². The van der Waals surface area contributed by atoms with E-state index >= 15 is 9.18 Å². The molecule has 280 valence electrons. The number of hydrogen-bond donors (Lipinski definition) is 1. The van der Waals surface area contributed by atoms with Crippen LogP contribution in [-0.2, 0) is 28.0 Å². The number of ether oxygens (including phenoxy) is 1. The predicted molar refractivity (Wildman–Crippen MR) is 198 cm³/mol. The number of carbonyl (C=O) groups is 1. The number of thioether (sulfide) groups is 1. The number of methoxy groups -OCH3 is 1. The zero-order valence-corrected chi connectivity index (χ0v) is 27.6. The number of aliphatic hydroxyl groups excluding tert-OH is 1. The molecule has 1 fully saturated rings. The Balaban J connectivity index is 1.70. The summed E-state index contributed by atoms with van der Waals surface area (Å²) in [6.45, 7) is -17.7. The average Bonchev–Trinajstić information content (AvgIpc) is 0.705. The molecule has 12 heteroatoms. The fraction of sp³-hybridized carbons (Fsp3) is 0.341. The summed E-state index contributed by atoms with van der Waals surface area (Å²) in [5.74, 6) is -7.01. The molecule has 0 aromatic heterocycles. The normalized spacial score (nSPS) is 29.7. The van der Waals surface area contributed by atoms with Gasteiger partial charge in [0, 0.05) is 75.4 Å². The van der Waals surface area contributed by atoms with Crippen molar-refractivity contribution in [2.75, 3.05) is 44.6 Å². The Morgan fingerprint density at radius 1 is 1.06 bits per heavy atom.